The van der Waals surface area contributed by atoms with Crippen molar-refractivity contribution >= 4 is 23.2 Å². The zero-order valence-corrected chi connectivity index (χ0v) is 16.9. The van der Waals surface area contributed by atoms with Crippen LogP contribution in [0.2, 0.25) is 0 Å². The van der Waals surface area contributed by atoms with Gasteiger partial charge in [0.1, 0.15) is 11.9 Å². The van der Waals surface area contributed by atoms with Crippen molar-refractivity contribution < 1.29 is 9.53 Å². The fourth-order valence-corrected chi connectivity index (χ4v) is 4.60. The molecule has 2 aliphatic heterocycles. The van der Waals surface area contributed by atoms with Crippen LogP contribution in [0.4, 0.5) is 0 Å². The minimum absolute atomic E-state index is 0.103. The number of amides is 1. The molecule has 1 aromatic heterocycles. The van der Waals surface area contributed by atoms with Crippen LogP contribution in [0, 0.1) is 0 Å². The predicted octanol–water partition coefficient (Wildman–Crippen LogP) is 2.19. The number of para-hydroxylation sites is 1. The van der Waals surface area contributed by atoms with Crippen molar-refractivity contribution in [1.29, 1.82) is 0 Å². The van der Waals surface area contributed by atoms with Gasteiger partial charge in [0, 0.05) is 44.4 Å². The number of benzene rings is 1. The summed E-state index contributed by atoms with van der Waals surface area (Å²) < 4.78 is 5.94. The minimum Gasteiger partial charge on any atom is -0.488 e. The Kier molecular flexibility index (Phi) is 5.81. The molecular weight excluding hydrogens is 372 g/mol. The molecule has 4 rings (SSSR count). The Hall–Kier alpha value is -2.54. The zero-order valence-electron chi connectivity index (χ0n) is 16.1. The van der Waals surface area contributed by atoms with E-state index < -0.39 is 0 Å². The lowest BCUT2D eigenvalue weighted by molar-refractivity contribution is -0.131. The molecule has 0 radical (unpaired) electrons. The molecule has 2 N–H and O–H groups in total. The quantitative estimate of drug-likeness (QED) is 0.599. The highest BCUT2D eigenvalue weighted by Crippen LogP contribution is 2.27. The van der Waals surface area contributed by atoms with E-state index in [0.717, 1.165) is 31.7 Å². The van der Waals surface area contributed by atoms with E-state index in [9.17, 15) is 4.79 Å². The van der Waals surface area contributed by atoms with Crippen molar-refractivity contribution in [3.05, 3.63) is 51.7 Å². The standard InChI is InChI=1S/C21H26N4O2S/c1-22-21(24-13-17-12-15-4-2-3-5-18(15)27-17)23-9-6-20(26)25-10-7-19-16(14-25)8-11-28-19/h2-5,8,11,17H,6-7,9-10,12-14H2,1H3,(H2,22,23,24). The van der Waals surface area contributed by atoms with Crippen molar-refractivity contribution in [3.8, 4) is 5.75 Å². The van der Waals surface area contributed by atoms with Crippen molar-refractivity contribution in [2.75, 3.05) is 26.7 Å². The van der Waals surface area contributed by atoms with Crippen LogP contribution in [0.3, 0.4) is 0 Å². The Bertz CT molecular complexity index is 839. The molecule has 148 valence electrons. The molecule has 3 heterocycles. The first-order valence-corrected chi connectivity index (χ1v) is 10.6. The Morgan fingerprint density at radius 2 is 2.18 bits per heavy atom. The van der Waals surface area contributed by atoms with Crippen LogP contribution in [0.15, 0.2) is 40.7 Å². The topological polar surface area (TPSA) is 66.0 Å². The lowest BCUT2D eigenvalue weighted by atomic mass is 10.1. The number of carbonyl (C=O) groups excluding carboxylic acids is 1. The molecule has 28 heavy (non-hydrogen) atoms. The molecule has 6 nitrogen and oxygen atoms in total. The number of hydrogen-bond donors (Lipinski definition) is 2. The smallest absolute Gasteiger partial charge is 0.224 e. The number of hydrogen-bond acceptors (Lipinski definition) is 4. The average molecular weight is 399 g/mol. The predicted molar refractivity (Wildman–Crippen MR) is 112 cm³/mol. The lowest BCUT2D eigenvalue weighted by Gasteiger charge is -2.27. The number of carbonyl (C=O) groups is 1. The van der Waals surface area contributed by atoms with Gasteiger partial charge in [-0.3, -0.25) is 9.79 Å². The van der Waals surface area contributed by atoms with Gasteiger partial charge < -0.3 is 20.3 Å². The van der Waals surface area contributed by atoms with E-state index in [-0.39, 0.29) is 12.0 Å². The van der Waals surface area contributed by atoms with Gasteiger partial charge in [-0.1, -0.05) is 18.2 Å². The summed E-state index contributed by atoms with van der Waals surface area (Å²) >= 11 is 1.79. The number of nitrogens with zero attached hydrogens (tertiary/aromatic N) is 2. The molecule has 0 fully saturated rings. The molecule has 1 aromatic carbocycles. The number of aliphatic imine (C=N–C) groups is 1. The first kappa shape index (κ1) is 18.8. The third kappa shape index (κ3) is 4.30. The zero-order chi connectivity index (χ0) is 19.3. The second-order valence-corrected chi connectivity index (χ2v) is 8.12. The maximum Gasteiger partial charge on any atom is 0.224 e. The summed E-state index contributed by atoms with van der Waals surface area (Å²) in [6, 6.07) is 10.3. The summed E-state index contributed by atoms with van der Waals surface area (Å²) in [5, 5.41) is 8.65. The molecule has 1 amide bonds. The third-order valence-corrected chi connectivity index (χ3v) is 6.25. The van der Waals surface area contributed by atoms with Crippen molar-refractivity contribution in [3.63, 3.8) is 0 Å². The number of ether oxygens (including phenoxy) is 1. The SMILES string of the molecule is CN=C(NCCC(=O)N1CCc2sccc2C1)NCC1Cc2ccccc2O1. The van der Waals surface area contributed by atoms with Crippen molar-refractivity contribution in [2.24, 2.45) is 4.99 Å². The van der Waals surface area contributed by atoms with Crippen LogP contribution in [0.5, 0.6) is 5.75 Å². The van der Waals surface area contributed by atoms with Gasteiger partial charge in [-0.25, -0.2) is 0 Å². The van der Waals surface area contributed by atoms with Gasteiger partial charge in [0.2, 0.25) is 5.91 Å². The Labute approximate surface area is 169 Å². The minimum atomic E-state index is 0.103. The molecule has 1 unspecified atom stereocenters. The van der Waals surface area contributed by atoms with Gasteiger partial charge in [0.05, 0.1) is 6.54 Å². The molecule has 0 saturated carbocycles. The fraction of sp³-hybridized carbons (Fsp3) is 0.429. The molecule has 0 saturated heterocycles. The average Bonchev–Trinajstić information content (AvgIpc) is 3.35. The number of thiophene rings is 1. The van der Waals surface area contributed by atoms with Crippen molar-refractivity contribution in [2.45, 2.75) is 31.9 Å². The maximum absolute atomic E-state index is 12.5. The van der Waals surface area contributed by atoms with Crippen LogP contribution in [0.25, 0.3) is 0 Å². The summed E-state index contributed by atoms with van der Waals surface area (Å²) in [6.45, 7) is 2.80. The summed E-state index contributed by atoms with van der Waals surface area (Å²) in [7, 11) is 1.74. The molecule has 2 aliphatic rings. The molecule has 1 atom stereocenters. The van der Waals surface area contributed by atoms with E-state index in [1.165, 1.54) is 16.0 Å². The Balaban J connectivity index is 1.18. The highest BCUT2D eigenvalue weighted by molar-refractivity contribution is 7.10. The highest BCUT2D eigenvalue weighted by Gasteiger charge is 2.23. The third-order valence-electron chi connectivity index (χ3n) is 5.23. The van der Waals surface area contributed by atoms with E-state index in [0.29, 0.717) is 25.5 Å². The Morgan fingerprint density at radius 1 is 1.29 bits per heavy atom. The molecule has 0 aliphatic carbocycles. The van der Waals surface area contributed by atoms with Gasteiger partial charge in [0.15, 0.2) is 5.96 Å². The first-order valence-electron chi connectivity index (χ1n) is 9.75. The molecule has 7 heteroatoms. The van der Waals surface area contributed by atoms with Crippen molar-refractivity contribution in [1.82, 2.24) is 15.5 Å². The number of rotatable bonds is 5. The molecule has 0 spiro atoms. The van der Waals surface area contributed by atoms with E-state index in [4.69, 9.17) is 4.74 Å². The molecular formula is C21H26N4O2S. The largest absolute Gasteiger partial charge is 0.488 e. The summed E-state index contributed by atoms with van der Waals surface area (Å²) in [6.07, 6.45) is 2.44. The highest BCUT2D eigenvalue weighted by atomic mass is 32.1. The summed E-state index contributed by atoms with van der Waals surface area (Å²) in [5.41, 5.74) is 2.55. The van der Waals surface area contributed by atoms with Crippen LogP contribution < -0.4 is 15.4 Å². The van der Waals surface area contributed by atoms with Crippen LogP contribution >= 0.6 is 11.3 Å². The maximum atomic E-state index is 12.5. The van der Waals surface area contributed by atoms with Crippen LogP contribution in [0.1, 0.15) is 22.4 Å². The normalized spacial score (nSPS) is 18.2. The number of nitrogens with one attached hydrogen (secondary N) is 2. The molecule has 2 aromatic rings. The summed E-state index contributed by atoms with van der Waals surface area (Å²) in [4.78, 5) is 20.1. The van der Waals surface area contributed by atoms with E-state index >= 15 is 0 Å². The van der Waals surface area contributed by atoms with Gasteiger partial charge in [-0.15, -0.1) is 11.3 Å². The van der Waals surface area contributed by atoms with Crippen LogP contribution in [-0.2, 0) is 24.2 Å². The summed E-state index contributed by atoms with van der Waals surface area (Å²) in [5.74, 6) is 1.86. The second kappa shape index (κ2) is 8.65. The van der Waals surface area contributed by atoms with Gasteiger partial charge in [-0.2, -0.15) is 0 Å². The van der Waals surface area contributed by atoms with Gasteiger partial charge in [-0.05, 0) is 35.1 Å². The van der Waals surface area contributed by atoms with E-state index in [2.05, 4.69) is 33.1 Å². The Morgan fingerprint density at radius 3 is 3.04 bits per heavy atom. The monoisotopic (exact) mass is 398 g/mol. The van der Waals surface area contributed by atoms with Crippen LogP contribution in [-0.4, -0.2) is 49.6 Å². The number of guanidine groups is 1. The van der Waals surface area contributed by atoms with E-state index in [1.54, 1.807) is 18.4 Å². The number of fused-ring (bicyclic) bond motifs is 2. The second-order valence-electron chi connectivity index (χ2n) is 7.12. The fourth-order valence-electron chi connectivity index (χ4n) is 3.71. The lowest BCUT2D eigenvalue weighted by Crippen LogP contribution is -2.44. The van der Waals surface area contributed by atoms with Gasteiger partial charge in [0.25, 0.3) is 0 Å². The van der Waals surface area contributed by atoms with E-state index in [1.807, 2.05) is 23.1 Å². The first-order chi connectivity index (χ1) is 13.7. The van der Waals surface area contributed by atoms with Gasteiger partial charge >= 0.3 is 0 Å². The molecule has 0 bridgehead atoms.